The number of nitro benzene ring substituents is 1. The number of nitrogens with one attached hydrogen (secondary N) is 2. The molecule has 0 spiro atoms. The van der Waals surface area contributed by atoms with Gasteiger partial charge in [-0.05, 0) is 6.07 Å². The van der Waals surface area contributed by atoms with Crippen molar-refractivity contribution in [1.29, 1.82) is 0 Å². The monoisotopic (exact) mass is 297 g/mol. The smallest absolute Gasteiger partial charge is 0.326 e. The summed E-state index contributed by atoms with van der Waals surface area (Å²) < 4.78 is 0. The first-order valence-corrected chi connectivity index (χ1v) is 5.56. The van der Waals surface area contributed by atoms with Crippen molar-refractivity contribution < 1.29 is 29.5 Å². The highest BCUT2D eigenvalue weighted by Gasteiger charge is 2.23. The average Bonchev–Trinajstić information content (AvgIpc) is 2.37. The number of non-ortho nitro benzene ring substituents is 1. The van der Waals surface area contributed by atoms with E-state index in [1.165, 1.54) is 18.2 Å². The third-order valence-corrected chi connectivity index (χ3v) is 2.30. The number of benzene rings is 1. The van der Waals surface area contributed by atoms with Gasteiger partial charge in [-0.1, -0.05) is 6.07 Å². The number of hydrogen-bond donors (Lipinski definition) is 4. The molecule has 0 fully saturated rings. The first-order chi connectivity index (χ1) is 9.79. The Labute approximate surface area is 117 Å². The summed E-state index contributed by atoms with van der Waals surface area (Å²) in [5, 5.41) is 32.0. The van der Waals surface area contributed by atoms with Crippen molar-refractivity contribution in [3.8, 4) is 0 Å². The molecule has 0 aliphatic heterocycles. The second-order valence-corrected chi connectivity index (χ2v) is 3.89. The topological polar surface area (TPSA) is 159 Å². The standard InChI is InChI=1S/C11H11N3O7/c15-9(16)5-8(10(17)18)13-11(19)12-6-2-1-3-7(4-6)14(20)21/h1-4,8H,5H2,(H,15,16)(H,17,18)(H2,12,13,19). The normalized spacial score (nSPS) is 11.2. The molecular formula is C11H11N3O7. The van der Waals surface area contributed by atoms with Crippen molar-refractivity contribution in [3.05, 3.63) is 34.4 Å². The van der Waals surface area contributed by atoms with Gasteiger partial charge >= 0.3 is 18.0 Å². The van der Waals surface area contributed by atoms with E-state index in [1.54, 1.807) is 0 Å². The minimum atomic E-state index is -1.61. The van der Waals surface area contributed by atoms with Crippen LogP contribution in [0.5, 0.6) is 0 Å². The van der Waals surface area contributed by atoms with Crippen LogP contribution < -0.4 is 10.6 Å². The molecule has 0 bridgehead atoms. The van der Waals surface area contributed by atoms with E-state index >= 15 is 0 Å². The zero-order chi connectivity index (χ0) is 16.0. The Morgan fingerprint density at radius 3 is 2.48 bits per heavy atom. The molecule has 0 saturated carbocycles. The molecule has 0 radical (unpaired) electrons. The van der Waals surface area contributed by atoms with Gasteiger partial charge < -0.3 is 20.8 Å². The lowest BCUT2D eigenvalue weighted by molar-refractivity contribution is -0.384. The van der Waals surface area contributed by atoms with Crippen LogP contribution in [0.1, 0.15) is 6.42 Å². The van der Waals surface area contributed by atoms with Gasteiger partial charge in [0.15, 0.2) is 0 Å². The molecule has 10 nitrogen and oxygen atoms in total. The molecule has 1 atom stereocenters. The summed E-state index contributed by atoms with van der Waals surface area (Å²) in [6.45, 7) is 0. The summed E-state index contributed by atoms with van der Waals surface area (Å²) in [7, 11) is 0. The Kier molecular flexibility index (Phi) is 5.17. The quantitative estimate of drug-likeness (QED) is 0.443. The number of hydrogen-bond acceptors (Lipinski definition) is 5. The SMILES string of the molecule is O=C(O)CC(NC(=O)Nc1cccc([N+](=O)[O-])c1)C(=O)O. The number of aliphatic carboxylic acids is 2. The largest absolute Gasteiger partial charge is 0.481 e. The number of nitro groups is 1. The molecule has 1 aromatic rings. The second-order valence-electron chi connectivity index (χ2n) is 3.89. The number of carbonyl (C=O) groups is 3. The fourth-order valence-electron chi connectivity index (χ4n) is 1.40. The summed E-state index contributed by atoms with van der Waals surface area (Å²) >= 11 is 0. The number of rotatable bonds is 6. The maximum absolute atomic E-state index is 11.5. The fraction of sp³-hybridized carbons (Fsp3) is 0.182. The third-order valence-electron chi connectivity index (χ3n) is 2.30. The molecule has 1 rings (SSSR count). The predicted molar refractivity (Wildman–Crippen MR) is 68.9 cm³/mol. The van der Waals surface area contributed by atoms with Gasteiger partial charge in [-0.3, -0.25) is 14.9 Å². The van der Waals surface area contributed by atoms with E-state index < -0.39 is 35.4 Å². The number of carbonyl (C=O) groups excluding carboxylic acids is 1. The molecule has 2 amide bonds. The number of anilines is 1. The van der Waals surface area contributed by atoms with E-state index in [9.17, 15) is 24.5 Å². The molecule has 0 aromatic heterocycles. The lowest BCUT2D eigenvalue weighted by atomic mass is 10.2. The Morgan fingerprint density at radius 1 is 1.29 bits per heavy atom. The van der Waals surface area contributed by atoms with Crippen LogP contribution >= 0.6 is 0 Å². The lowest BCUT2D eigenvalue weighted by Gasteiger charge is -2.13. The van der Waals surface area contributed by atoms with Crippen LogP contribution in [-0.4, -0.2) is 39.1 Å². The second kappa shape index (κ2) is 6.84. The fourth-order valence-corrected chi connectivity index (χ4v) is 1.40. The molecule has 1 unspecified atom stereocenters. The van der Waals surface area contributed by atoms with Gasteiger partial charge in [0, 0.05) is 17.8 Å². The number of carboxylic acids is 2. The molecule has 1 aromatic carbocycles. The zero-order valence-corrected chi connectivity index (χ0v) is 10.5. The molecule has 0 heterocycles. The van der Waals surface area contributed by atoms with E-state index in [2.05, 4.69) is 5.32 Å². The Bertz CT molecular complexity index is 587. The predicted octanol–water partition coefficient (Wildman–Crippen LogP) is 0.644. The van der Waals surface area contributed by atoms with Crippen LogP contribution in [0.3, 0.4) is 0 Å². The summed E-state index contributed by atoms with van der Waals surface area (Å²) in [6, 6.07) is 2.39. The molecule has 4 N–H and O–H groups in total. The molecule has 21 heavy (non-hydrogen) atoms. The highest BCUT2D eigenvalue weighted by Crippen LogP contribution is 2.16. The van der Waals surface area contributed by atoms with Crippen LogP contribution in [-0.2, 0) is 9.59 Å². The molecular weight excluding hydrogens is 286 g/mol. The zero-order valence-electron chi connectivity index (χ0n) is 10.5. The van der Waals surface area contributed by atoms with Crippen molar-refractivity contribution in [2.45, 2.75) is 12.5 Å². The van der Waals surface area contributed by atoms with Crippen LogP contribution in [0, 0.1) is 10.1 Å². The summed E-state index contributed by atoms with van der Waals surface area (Å²) in [4.78, 5) is 42.7. The number of urea groups is 1. The van der Waals surface area contributed by atoms with Gasteiger partial charge in [0.25, 0.3) is 5.69 Å². The maximum Gasteiger partial charge on any atom is 0.326 e. The highest BCUT2D eigenvalue weighted by atomic mass is 16.6. The third kappa shape index (κ3) is 5.14. The number of carboxylic acid groups (broad SMARTS) is 2. The van der Waals surface area contributed by atoms with E-state index in [0.717, 1.165) is 6.07 Å². The average molecular weight is 297 g/mol. The summed E-state index contributed by atoms with van der Waals surface area (Å²) in [5.74, 6) is -2.90. The van der Waals surface area contributed by atoms with E-state index in [1.807, 2.05) is 5.32 Å². The highest BCUT2D eigenvalue weighted by molar-refractivity contribution is 5.93. The van der Waals surface area contributed by atoms with Crippen molar-refractivity contribution >= 4 is 29.3 Å². The van der Waals surface area contributed by atoms with Gasteiger partial charge in [0.2, 0.25) is 0 Å². The van der Waals surface area contributed by atoms with Gasteiger partial charge in [0.05, 0.1) is 11.3 Å². The molecule has 0 aliphatic rings. The van der Waals surface area contributed by atoms with Crippen molar-refractivity contribution in [1.82, 2.24) is 5.32 Å². The minimum absolute atomic E-state index is 0.0705. The van der Waals surface area contributed by atoms with Crippen LogP contribution in [0.25, 0.3) is 0 Å². The van der Waals surface area contributed by atoms with Gasteiger partial charge in [0.1, 0.15) is 6.04 Å². The molecule has 0 aliphatic carbocycles. The minimum Gasteiger partial charge on any atom is -0.481 e. The van der Waals surface area contributed by atoms with Crippen molar-refractivity contribution in [2.24, 2.45) is 0 Å². The van der Waals surface area contributed by atoms with Crippen LogP contribution in [0.15, 0.2) is 24.3 Å². The molecule has 0 saturated heterocycles. The Morgan fingerprint density at radius 2 is 1.95 bits per heavy atom. The lowest BCUT2D eigenvalue weighted by Crippen LogP contribution is -2.44. The van der Waals surface area contributed by atoms with Crippen LogP contribution in [0.4, 0.5) is 16.2 Å². The summed E-state index contributed by atoms with van der Waals surface area (Å²) in [6.07, 6.45) is -0.794. The first kappa shape index (κ1) is 15.9. The van der Waals surface area contributed by atoms with Crippen LogP contribution in [0.2, 0.25) is 0 Å². The van der Waals surface area contributed by atoms with E-state index in [-0.39, 0.29) is 11.4 Å². The van der Waals surface area contributed by atoms with E-state index in [4.69, 9.17) is 10.2 Å². The Balaban J connectivity index is 2.72. The molecule has 10 heteroatoms. The number of nitrogens with zero attached hydrogens (tertiary/aromatic N) is 1. The first-order valence-electron chi connectivity index (χ1n) is 5.56. The van der Waals surface area contributed by atoms with Crippen molar-refractivity contribution in [3.63, 3.8) is 0 Å². The van der Waals surface area contributed by atoms with E-state index in [0.29, 0.717) is 0 Å². The van der Waals surface area contributed by atoms with Crippen molar-refractivity contribution in [2.75, 3.05) is 5.32 Å². The van der Waals surface area contributed by atoms with Gasteiger partial charge in [-0.25, -0.2) is 9.59 Å². The number of amides is 2. The summed E-state index contributed by atoms with van der Waals surface area (Å²) in [5.41, 5.74) is -0.186. The van der Waals surface area contributed by atoms with Gasteiger partial charge in [-0.15, -0.1) is 0 Å². The maximum atomic E-state index is 11.5. The Hall–Kier alpha value is -3.17. The molecule has 112 valence electrons. The van der Waals surface area contributed by atoms with Gasteiger partial charge in [-0.2, -0.15) is 0 Å².